The Morgan fingerprint density at radius 3 is 1.08 bits per heavy atom. The van der Waals surface area contributed by atoms with E-state index in [1.54, 1.807) is 0 Å². The van der Waals surface area contributed by atoms with Crippen molar-refractivity contribution in [3.05, 3.63) is 0 Å². The van der Waals surface area contributed by atoms with Crippen molar-refractivity contribution in [2.45, 2.75) is 135 Å². The zero-order chi connectivity index (χ0) is 19.0. The van der Waals surface area contributed by atoms with Crippen LogP contribution in [0.1, 0.15) is 135 Å². The molecule has 0 saturated heterocycles. The molecule has 0 spiro atoms. The molecule has 2 nitrogen and oxygen atoms in total. The lowest BCUT2D eigenvalue weighted by atomic mass is 10.0. The minimum absolute atomic E-state index is 0.312. The second-order valence-corrected chi connectivity index (χ2v) is 8.19. The van der Waals surface area contributed by atoms with E-state index in [4.69, 9.17) is 5.11 Å². The average Bonchev–Trinajstić information content (AvgIpc) is 2.66. The molecule has 0 atom stereocenters. The van der Waals surface area contributed by atoms with E-state index in [-0.39, 0.29) is 0 Å². The summed E-state index contributed by atoms with van der Waals surface area (Å²) < 4.78 is 0. The minimum atomic E-state index is 0.312. The standard InChI is InChI=1S/C24H51NO/c1-2-3-4-5-6-7-8-9-10-11-12-13-14-15-16-17-18-19-20-22-25-23-21-24-26/h25-26H,2-24H2,1H3. The second-order valence-electron chi connectivity index (χ2n) is 8.19. The van der Waals surface area contributed by atoms with Crippen LogP contribution < -0.4 is 5.32 Å². The predicted octanol–water partition coefficient (Wildman–Crippen LogP) is 7.39. The van der Waals surface area contributed by atoms with Crippen LogP contribution in [0.3, 0.4) is 0 Å². The highest BCUT2D eigenvalue weighted by Crippen LogP contribution is 2.14. The summed E-state index contributed by atoms with van der Waals surface area (Å²) in [5.41, 5.74) is 0. The van der Waals surface area contributed by atoms with Gasteiger partial charge in [-0.3, -0.25) is 0 Å². The first-order chi connectivity index (χ1) is 12.9. The highest BCUT2D eigenvalue weighted by atomic mass is 16.3. The fourth-order valence-corrected chi connectivity index (χ4v) is 3.66. The summed E-state index contributed by atoms with van der Waals surface area (Å²) in [6, 6.07) is 0. The van der Waals surface area contributed by atoms with Crippen molar-refractivity contribution in [3.63, 3.8) is 0 Å². The van der Waals surface area contributed by atoms with Crippen LogP contribution in [0.25, 0.3) is 0 Å². The molecule has 158 valence electrons. The van der Waals surface area contributed by atoms with Gasteiger partial charge in [-0.05, 0) is 25.9 Å². The Morgan fingerprint density at radius 2 is 0.731 bits per heavy atom. The lowest BCUT2D eigenvalue weighted by Gasteiger charge is -2.04. The molecule has 0 aromatic heterocycles. The summed E-state index contributed by atoms with van der Waals surface area (Å²) >= 11 is 0. The van der Waals surface area contributed by atoms with E-state index >= 15 is 0 Å². The molecule has 0 aliphatic heterocycles. The Hall–Kier alpha value is -0.0800. The molecule has 0 aromatic carbocycles. The first-order valence-electron chi connectivity index (χ1n) is 12.2. The van der Waals surface area contributed by atoms with Gasteiger partial charge in [0.05, 0.1) is 0 Å². The highest BCUT2D eigenvalue weighted by Gasteiger charge is 1.95. The monoisotopic (exact) mass is 369 g/mol. The first kappa shape index (κ1) is 25.9. The maximum atomic E-state index is 8.69. The predicted molar refractivity (Wildman–Crippen MR) is 118 cm³/mol. The Morgan fingerprint density at radius 1 is 0.423 bits per heavy atom. The number of aliphatic hydroxyl groups excluding tert-OH is 1. The molecular formula is C24H51NO. The topological polar surface area (TPSA) is 32.3 Å². The summed E-state index contributed by atoms with van der Waals surface area (Å²) in [6.07, 6.45) is 28.2. The van der Waals surface area contributed by atoms with E-state index in [1.807, 2.05) is 0 Å². The van der Waals surface area contributed by atoms with Gasteiger partial charge in [-0.25, -0.2) is 0 Å². The molecule has 0 rings (SSSR count). The zero-order valence-electron chi connectivity index (χ0n) is 18.2. The molecule has 0 aliphatic rings. The average molecular weight is 370 g/mol. The molecule has 0 bridgehead atoms. The Bertz CT molecular complexity index is 208. The largest absolute Gasteiger partial charge is 0.396 e. The molecular weight excluding hydrogens is 318 g/mol. The second kappa shape index (κ2) is 24.9. The van der Waals surface area contributed by atoms with Gasteiger partial charge in [-0.1, -0.05) is 122 Å². The summed E-state index contributed by atoms with van der Waals surface area (Å²) in [7, 11) is 0. The molecule has 0 saturated carbocycles. The number of hydrogen-bond acceptors (Lipinski definition) is 2. The molecule has 0 radical (unpaired) electrons. The van der Waals surface area contributed by atoms with Crippen LogP contribution >= 0.6 is 0 Å². The van der Waals surface area contributed by atoms with Gasteiger partial charge in [0.1, 0.15) is 0 Å². The molecule has 0 aliphatic carbocycles. The van der Waals surface area contributed by atoms with Crippen molar-refractivity contribution in [3.8, 4) is 0 Å². The van der Waals surface area contributed by atoms with Gasteiger partial charge in [0.25, 0.3) is 0 Å². The molecule has 0 fully saturated rings. The SMILES string of the molecule is CCCCCCCCCCCCCCCCCCCCCNCCCO. The van der Waals surface area contributed by atoms with E-state index < -0.39 is 0 Å². The Balaban J connectivity index is 2.95. The normalized spacial score (nSPS) is 11.3. The lowest BCUT2D eigenvalue weighted by Crippen LogP contribution is -2.17. The van der Waals surface area contributed by atoms with Crippen molar-refractivity contribution in [2.75, 3.05) is 19.7 Å². The van der Waals surface area contributed by atoms with Gasteiger partial charge >= 0.3 is 0 Å². The molecule has 2 N–H and O–H groups in total. The smallest absolute Gasteiger partial charge is 0.0443 e. The van der Waals surface area contributed by atoms with Gasteiger partial charge in [-0.2, -0.15) is 0 Å². The maximum Gasteiger partial charge on any atom is 0.0443 e. The maximum absolute atomic E-state index is 8.69. The highest BCUT2D eigenvalue weighted by molar-refractivity contribution is 4.52. The van der Waals surface area contributed by atoms with Crippen molar-refractivity contribution >= 4 is 0 Å². The summed E-state index contributed by atoms with van der Waals surface area (Å²) in [4.78, 5) is 0. The van der Waals surface area contributed by atoms with Crippen molar-refractivity contribution in [2.24, 2.45) is 0 Å². The number of rotatable bonds is 23. The summed E-state index contributed by atoms with van der Waals surface area (Å²) in [5, 5.41) is 12.1. The van der Waals surface area contributed by atoms with Crippen LogP contribution in [0.15, 0.2) is 0 Å². The number of aliphatic hydroxyl groups is 1. The van der Waals surface area contributed by atoms with Crippen LogP contribution in [0, 0.1) is 0 Å². The quantitative estimate of drug-likeness (QED) is 0.184. The van der Waals surface area contributed by atoms with E-state index in [0.29, 0.717) is 6.61 Å². The van der Waals surface area contributed by atoms with E-state index in [9.17, 15) is 0 Å². The molecule has 26 heavy (non-hydrogen) atoms. The number of hydrogen-bond donors (Lipinski definition) is 2. The molecule has 2 heteroatoms. The summed E-state index contributed by atoms with van der Waals surface area (Å²) in [6.45, 7) is 4.70. The fraction of sp³-hybridized carbons (Fsp3) is 1.00. The number of nitrogens with one attached hydrogen (secondary N) is 1. The van der Waals surface area contributed by atoms with Gasteiger partial charge < -0.3 is 10.4 Å². The van der Waals surface area contributed by atoms with Gasteiger partial charge in [0.2, 0.25) is 0 Å². The van der Waals surface area contributed by atoms with E-state index in [0.717, 1.165) is 19.5 Å². The van der Waals surface area contributed by atoms with E-state index in [1.165, 1.54) is 122 Å². The molecule has 0 unspecified atom stereocenters. The van der Waals surface area contributed by atoms with Crippen molar-refractivity contribution in [1.82, 2.24) is 5.32 Å². The molecule has 0 amide bonds. The molecule has 0 aromatic rings. The molecule has 0 heterocycles. The van der Waals surface area contributed by atoms with Crippen molar-refractivity contribution in [1.29, 1.82) is 0 Å². The fourth-order valence-electron chi connectivity index (χ4n) is 3.66. The van der Waals surface area contributed by atoms with Gasteiger partial charge in [-0.15, -0.1) is 0 Å². The van der Waals surface area contributed by atoms with E-state index in [2.05, 4.69) is 12.2 Å². The third-order valence-corrected chi connectivity index (χ3v) is 5.47. The number of unbranched alkanes of at least 4 members (excludes halogenated alkanes) is 18. The van der Waals surface area contributed by atoms with Crippen LogP contribution in [0.2, 0.25) is 0 Å². The third kappa shape index (κ3) is 23.9. The van der Waals surface area contributed by atoms with Gasteiger partial charge in [0.15, 0.2) is 0 Å². The van der Waals surface area contributed by atoms with Crippen LogP contribution in [-0.2, 0) is 0 Å². The van der Waals surface area contributed by atoms with Crippen LogP contribution in [0.5, 0.6) is 0 Å². The van der Waals surface area contributed by atoms with Crippen molar-refractivity contribution < 1.29 is 5.11 Å². The van der Waals surface area contributed by atoms with Gasteiger partial charge in [0, 0.05) is 6.61 Å². The summed E-state index contributed by atoms with van der Waals surface area (Å²) in [5.74, 6) is 0. The van der Waals surface area contributed by atoms with Crippen LogP contribution in [0.4, 0.5) is 0 Å². The first-order valence-corrected chi connectivity index (χ1v) is 12.2. The zero-order valence-corrected chi connectivity index (χ0v) is 18.2. The minimum Gasteiger partial charge on any atom is -0.396 e. The lowest BCUT2D eigenvalue weighted by molar-refractivity contribution is 0.286. The van der Waals surface area contributed by atoms with Crippen LogP contribution in [-0.4, -0.2) is 24.8 Å². The Kier molecular flexibility index (Phi) is 24.8. The Labute approximate surface area is 165 Å². The third-order valence-electron chi connectivity index (χ3n) is 5.47.